The van der Waals surface area contributed by atoms with Crippen molar-refractivity contribution in [2.24, 2.45) is 7.05 Å². The Labute approximate surface area is 93.6 Å². The first-order valence-corrected chi connectivity index (χ1v) is 5.05. The lowest BCUT2D eigenvalue weighted by Gasteiger charge is -2.03. The van der Waals surface area contributed by atoms with Crippen molar-refractivity contribution in [3.8, 4) is 0 Å². The first kappa shape index (κ1) is 10.5. The predicted octanol–water partition coefficient (Wildman–Crippen LogP) is 2.67. The molecular weight excluding hydrogens is 202 g/mol. The maximum absolute atomic E-state index is 10.6. The molecule has 1 N–H and O–H groups in total. The summed E-state index contributed by atoms with van der Waals surface area (Å²) in [4.78, 5) is 10.6. The number of carboxylic acid groups (broad SMARTS) is 1. The van der Waals surface area contributed by atoms with Gasteiger partial charge in [-0.1, -0.05) is 18.2 Å². The molecule has 1 heterocycles. The van der Waals surface area contributed by atoms with Crippen molar-refractivity contribution in [3.05, 3.63) is 42.1 Å². The summed E-state index contributed by atoms with van der Waals surface area (Å²) in [6.07, 6.45) is 1.23. The van der Waals surface area contributed by atoms with Gasteiger partial charge in [0.25, 0.3) is 0 Å². The molecule has 0 fully saturated rings. The van der Waals surface area contributed by atoms with E-state index in [-0.39, 0.29) is 0 Å². The van der Waals surface area contributed by atoms with E-state index < -0.39 is 5.97 Å². The van der Waals surface area contributed by atoms with E-state index in [1.807, 2.05) is 48.9 Å². The van der Waals surface area contributed by atoms with Crippen LogP contribution in [0.4, 0.5) is 0 Å². The topological polar surface area (TPSA) is 42.2 Å². The highest BCUT2D eigenvalue weighted by molar-refractivity contribution is 5.92. The smallest absolute Gasteiger partial charge is 0.328 e. The van der Waals surface area contributed by atoms with Crippen LogP contribution >= 0.6 is 0 Å². The number of hydrogen-bond donors (Lipinski definition) is 1. The number of fused-ring (bicyclic) bond motifs is 1. The number of para-hydroxylation sites is 1. The van der Waals surface area contributed by atoms with E-state index in [1.54, 1.807) is 0 Å². The van der Waals surface area contributed by atoms with Crippen LogP contribution in [-0.2, 0) is 11.8 Å². The van der Waals surface area contributed by atoms with Crippen molar-refractivity contribution < 1.29 is 9.90 Å². The number of benzene rings is 1. The lowest BCUT2D eigenvalue weighted by molar-refractivity contribution is -0.131. The molecule has 0 amide bonds. The fourth-order valence-electron chi connectivity index (χ4n) is 1.93. The minimum absolute atomic E-state index is 0.756. The summed E-state index contributed by atoms with van der Waals surface area (Å²) in [6, 6.07) is 9.99. The monoisotopic (exact) mass is 215 g/mol. The van der Waals surface area contributed by atoms with Crippen molar-refractivity contribution in [2.45, 2.75) is 6.92 Å². The van der Waals surface area contributed by atoms with Crippen LogP contribution in [0.2, 0.25) is 0 Å². The number of carbonyl (C=O) groups is 1. The Morgan fingerprint density at radius 3 is 2.69 bits per heavy atom. The zero-order valence-corrected chi connectivity index (χ0v) is 9.27. The number of aliphatic carboxylic acids is 1. The average molecular weight is 215 g/mol. The van der Waals surface area contributed by atoms with Gasteiger partial charge in [0.15, 0.2) is 0 Å². The molecule has 2 rings (SSSR count). The van der Waals surface area contributed by atoms with Gasteiger partial charge in [0.1, 0.15) is 0 Å². The molecule has 0 aliphatic heterocycles. The van der Waals surface area contributed by atoms with Gasteiger partial charge in [-0.05, 0) is 24.6 Å². The summed E-state index contributed by atoms with van der Waals surface area (Å²) in [7, 11) is 1.94. The fraction of sp³-hybridized carbons (Fsp3) is 0.154. The number of allylic oxidation sites excluding steroid dienone is 1. The Kier molecular flexibility index (Phi) is 2.52. The first-order valence-electron chi connectivity index (χ1n) is 5.05. The van der Waals surface area contributed by atoms with Crippen LogP contribution in [0.25, 0.3) is 16.5 Å². The molecule has 0 unspecified atom stereocenters. The third kappa shape index (κ3) is 1.72. The van der Waals surface area contributed by atoms with E-state index in [4.69, 9.17) is 5.11 Å². The lowest BCUT2D eigenvalue weighted by Crippen LogP contribution is -1.96. The predicted molar refractivity (Wildman–Crippen MR) is 64.2 cm³/mol. The summed E-state index contributed by atoms with van der Waals surface area (Å²) in [5.41, 5.74) is 2.80. The molecule has 1 aromatic heterocycles. The van der Waals surface area contributed by atoms with Gasteiger partial charge in [-0.15, -0.1) is 0 Å². The third-order valence-corrected chi connectivity index (χ3v) is 2.70. The number of aromatic nitrogens is 1. The molecule has 0 spiro atoms. The minimum Gasteiger partial charge on any atom is -0.478 e. The van der Waals surface area contributed by atoms with E-state index in [0.29, 0.717) is 0 Å². The van der Waals surface area contributed by atoms with Gasteiger partial charge in [0.05, 0.1) is 0 Å². The van der Waals surface area contributed by atoms with Crippen molar-refractivity contribution in [3.63, 3.8) is 0 Å². The second-order valence-electron chi connectivity index (χ2n) is 3.81. The van der Waals surface area contributed by atoms with Gasteiger partial charge in [-0.25, -0.2) is 4.79 Å². The number of carboxylic acids is 1. The molecule has 1 aromatic carbocycles. The van der Waals surface area contributed by atoms with E-state index in [1.165, 1.54) is 6.08 Å². The van der Waals surface area contributed by atoms with Gasteiger partial charge in [0.2, 0.25) is 0 Å². The van der Waals surface area contributed by atoms with Crippen molar-refractivity contribution in [1.29, 1.82) is 0 Å². The van der Waals surface area contributed by atoms with E-state index >= 15 is 0 Å². The van der Waals surface area contributed by atoms with Crippen LogP contribution < -0.4 is 0 Å². The molecule has 82 valence electrons. The summed E-state index contributed by atoms with van der Waals surface area (Å²) in [6.45, 7) is 1.81. The Balaban J connectivity index is 2.62. The Morgan fingerprint density at radius 2 is 2.06 bits per heavy atom. The maximum atomic E-state index is 10.6. The van der Waals surface area contributed by atoms with Crippen molar-refractivity contribution >= 4 is 22.4 Å². The van der Waals surface area contributed by atoms with Gasteiger partial charge < -0.3 is 9.67 Å². The van der Waals surface area contributed by atoms with Gasteiger partial charge in [-0.3, -0.25) is 0 Å². The van der Waals surface area contributed by atoms with Crippen LogP contribution in [0.3, 0.4) is 0 Å². The van der Waals surface area contributed by atoms with E-state index in [9.17, 15) is 4.79 Å². The van der Waals surface area contributed by atoms with E-state index in [0.717, 1.165) is 22.2 Å². The van der Waals surface area contributed by atoms with Crippen LogP contribution in [0, 0.1) is 0 Å². The number of nitrogens with zero attached hydrogens (tertiary/aromatic N) is 1. The summed E-state index contributed by atoms with van der Waals surface area (Å²) < 4.78 is 2.00. The molecule has 0 saturated heterocycles. The summed E-state index contributed by atoms with van der Waals surface area (Å²) >= 11 is 0. The molecule has 0 saturated carbocycles. The zero-order valence-electron chi connectivity index (χ0n) is 9.27. The molecule has 0 bridgehead atoms. The Morgan fingerprint density at radius 1 is 1.38 bits per heavy atom. The molecule has 2 aromatic rings. The van der Waals surface area contributed by atoms with Crippen LogP contribution in [0.15, 0.2) is 36.4 Å². The molecule has 0 atom stereocenters. The summed E-state index contributed by atoms with van der Waals surface area (Å²) in [5.74, 6) is -0.914. The summed E-state index contributed by atoms with van der Waals surface area (Å²) in [5, 5.41) is 9.85. The quantitative estimate of drug-likeness (QED) is 0.782. The standard InChI is InChI=1S/C13H13NO2/c1-9(7-13(15)16)12-8-10-5-3-4-6-11(10)14(12)2/h3-8H,1-2H3,(H,15,16). The first-order chi connectivity index (χ1) is 7.59. The van der Waals surface area contributed by atoms with Gasteiger partial charge in [0, 0.05) is 29.7 Å². The van der Waals surface area contributed by atoms with Gasteiger partial charge >= 0.3 is 5.97 Å². The Hall–Kier alpha value is -2.03. The maximum Gasteiger partial charge on any atom is 0.328 e. The highest BCUT2D eigenvalue weighted by Gasteiger charge is 2.07. The second-order valence-corrected chi connectivity index (χ2v) is 3.81. The van der Waals surface area contributed by atoms with Crippen LogP contribution in [0.1, 0.15) is 12.6 Å². The molecule has 3 nitrogen and oxygen atoms in total. The second kappa shape index (κ2) is 3.85. The van der Waals surface area contributed by atoms with Crippen LogP contribution in [0.5, 0.6) is 0 Å². The number of hydrogen-bond acceptors (Lipinski definition) is 1. The minimum atomic E-state index is -0.914. The normalized spacial score (nSPS) is 12.0. The molecule has 3 heteroatoms. The van der Waals surface area contributed by atoms with Crippen molar-refractivity contribution in [1.82, 2.24) is 4.57 Å². The highest BCUT2D eigenvalue weighted by atomic mass is 16.4. The molecule has 0 aliphatic rings. The molecule has 0 aliphatic carbocycles. The highest BCUT2D eigenvalue weighted by Crippen LogP contribution is 2.23. The average Bonchev–Trinajstić information content (AvgIpc) is 2.56. The van der Waals surface area contributed by atoms with Crippen molar-refractivity contribution in [2.75, 3.05) is 0 Å². The molecular formula is C13H13NO2. The molecule has 16 heavy (non-hydrogen) atoms. The Bertz CT molecular complexity index is 579. The number of rotatable bonds is 2. The molecule has 0 radical (unpaired) electrons. The van der Waals surface area contributed by atoms with E-state index in [2.05, 4.69) is 0 Å². The SMILES string of the molecule is CC(=CC(=O)O)c1cc2ccccc2n1C. The van der Waals surface area contributed by atoms with Crippen LogP contribution in [-0.4, -0.2) is 15.6 Å². The fourth-order valence-corrected chi connectivity index (χ4v) is 1.93. The third-order valence-electron chi connectivity index (χ3n) is 2.70. The lowest BCUT2D eigenvalue weighted by atomic mass is 10.2. The largest absolute Gasteiger partial charge is 0.478 e. The number of aryl methyl sites for hydroxylation is 1. The van der Waals surface area contributed by atoms with Gasteiger partial charge in [-0.2, -0.15) is 0 Å². The zero-order chi connectivity index (χ0) is 11.7.